The summed E-state index contributed by atoms with van der Waals surface area (Å²) < 4.78 is 5.79. The van der Waals surface area contributed by atoms with Crippen LogP contribution in [0.15, 0.2) is 42.5 Å². The van der Waals surface area contributed by atoms with E-state index >= 15 is 0 Å². The Kier molecular flexibility index (Phi) is 5.16. The first-order chi connectivity index (χ1) is 9.72. The van der Waals surface area contributed by atoms with Crippen LogP contribution in [-0.4, -0.2) is 11.7 Å². The van der Waals surface area contributed by atoms with E-state index in [0.717, 1.165) is 16.9 Å². The number of aryl methyl sites for hydroxylation is 1. The maximum atomic E-state index is 8.87. The third-order valence-corrected chi connectivity index (χ3v) is 3.36. The minimum Gasteiger partial charge on any atom is -0.489 e. The summed E-state index contributed by atoms with van der Waals surface area (Å²) in [7, 11) is 0. The first kappa shape index (κ1) is 14.6. The molecule has 0 fully saturated rings. The van der Waals surface area contributed by atoms with Gasteiger partial charge in [-0.05, 0) is 47.7 Å². The summed E-state index contributed by atoms with van der Waals surface area (Å²) in [5.74, 6) is 0.842. The van der Waals surface area contributed by atoms with Gasteiger partial charge >= 0.3 is 0 Å². The first-order valence-corrected chi connectivity index (χ1v) is 6.84. The SMILES string of the molecule is Cc1cc(CN)ccc1COc1ccc(CCO)cc1. The van der Waals surface area contributed by atoms with Crippen molar-refractivity contribution in [3.63, 3.8) is 0 Å². The summed E-state index contributed by atoms with van der Waals surface area (Å²) in [6.45, 7) is 3.36. The van der Waals surface area contributed by atoms with Gasteiger partial charge in [-0.15, -0.1) is 0 Å². The third kappa shape index (κ3) is 3.83. The van der Waals surface area contributed by atoms with Gasteiger partial charge in [0.1, 0.15) is 12.4 Å². The van der Waals surface area contributed by atoms with Gasteiger partial charge in [0.15, 0.2) is 0 Å². The molecule has 0 saturated heterocycles. The van der Waals surface area contributed by atoms with Crippen molar-refractivity contribution in [1.82, 2.24) is 0 Å². The second kappa shape index (κ2) is 7.08. The zero-order valence-electron chi connectivity index (χ0n) is 11.8. The lowest BCUT2D eigenvalue weighted by molar-refractivity contribution is 0.298. The molecule has 3 N–H and O–H groups in total. The van der Waals surface area contributed by atoms with E-state index in [4.69, 9.17) is 15.6 Å². The standard InChI is InChI=1S/C17H21NO2/c1-13-10-15(11-18)2-5-16(13)12-20-17-6-3-14(4-7-17)8-9-19/h2-7,10,19H,8-9,11-12,18H2,1H3. The van der Waals surface area contributed by atoms with Crippen molar-refractivity contribution >= 4 is 0 Å². The fourth-order valence-electron chi connectivity index (χ4n) is 2.09. The van der Waals surface area contributed by atoms with Crippen molar-refractivity contribution in [1.29, 1.82) is 0 Å². The van der Waals surface area contributed by atoms with Gasteiger partial charge in [0, 0.05) is 13.2 Å². The second-order valence-electron chi connectivity index (χ2n) is 4.87. The van der Waals surface area contributed by atoms with Crippen molar-refractivity contribution in [2.45, 2.75) is 26.5 Å². The molecule has 0 unspecified atom stereocenters. The summed E-state index contributed by atoms with van der Waals surface area (Å²) in [5, 5.41) is 8.87. The summed E-state index contributed by atoms with van der Waals surface area (Å²) in [6, 6.07) is 14.0. The molecule has 3 nitrogen and oxygen atoms in total. The number of ether oxygens (including phenoxy) is 1. The number of nitrogens with two attached hydrogens (primary N) is 1. The fourth-order valence-corrected chi connectivity index (χ4v) is 2.09. The van der Waals surface area contributed by atoms with E-state index in [0.29, 0.717) is 19.6 Å². The summed E-state index contributed by atoms with van der Waals surface area (Å²) >= 11 is 0. The van der Waals surface area contributed by atoms with E-state index in [9.17, 15) is 0 Å². The Morgan fingerprint density at radius 3 is 2.35 bits per heavy atom. The molecular weight excluding hydrogens is 250 g/mol. The lowest BCUT2D eigenvalue weighted by Crippen LogP contribution is -2.01. The van der Waals surface area contributed by atoms with Gasteiger partial charge in [-0.2, -0.15) is 0 Å². The van der Waals surface area contributed by atoms with E-state index in [1.807, 2.05) is 30.3 Å². The molecule has 2 aromatic rings. The summed E-state index contributed by atoms with van der Waals surface area (Å²) in [4.78, 5) is 0. The molecule has 0 atom stereocenters. The molecule has 0 heterocycles. The number of benzene rings is 2. The van der Waals surface area contributed by atoms with Crippen LogP contribution in [0.5, 0.6) is 5.75 Å². The van der Waals surface area contributed by atoms with Crippen molar-refractivity contribution in [3.05, 3.63) is 64.7 Å². The predicted octanol–water partition coefficient (Wildman–Crippen LogP) is 2.57. The highest BCUT2D eigenvalue weighted by molar-refractivity contribution is 5.32. The first-order valence-electron chi connectivity index (χ1n) is 6.84. The Morgan fingerprint density at radius 1 is 1.05 bits per heavy atom. The molecule has 0 saturated carbocycles. The Labute approximate surface area is 120 Å². The molecule has 0 bridgehead atoms. The number of hydrogen-bond donors (Lipinski definition) is 2. The smallest absolute Gasteiger partial charge is 0.119 e. The van der Waals surface area contributed by atoms with Crippen molar-refractivity contribution < 1.29 is 9.84 Å². The molecule has 3 heteroatoms. The highest BCUT2D eigenvalue weighted by Gasteiger charge is 2.01. The number of rotatable bonds is 6. The topological polar surface area (TPSA) is 55.5 Å². The minimum absolute atomic E-state index is 0.174. The van der Waals surface area contributed by atoms with Gasteiger partial charge in [-0.3, -0.25) is 0 Å². The largest absolute Gasteiger partial charge is 0.489 e. The van der Waals surface area contributed by atoms with Crippen LogP contribution < -0.4 is 10.5 Å². The Bertz CT molecular complexity index is 549. The fraction of sp³-hybridized carbons (Fsp3) is 0.294. The van der Waals surface area contributed by atoms with E-state index in [-0.39, 0.29) is 6.61 Å². The van der Waals surface area contributed by atoms with Gasteiger partial charge < -0.3 is 15.6 Å². The quantitative estimate of drug-likeness (QED) is 0.849. The highest BCUT2D eigenvalue weighted by Crippen LogP contribution is 2.17. The monoisotopic (exact) mass is 271 g/mol. The van der Waals surface area contributed by atoms with Gasteiger partial charge in [0.05, 0.1) is 0 Å². The van der Waals surface area contributed by atoms with E-state index in [1.165, 1.54) is 11.1 Å². The maximum absolute atomic E-state index is 8.87. The Morgan fingerprint density at radius 2 is 1.75 bits per heavy atom. The molecule has 0 aliphatic heterocycles. The van der Waals surface area contributed by atoms with Crippen LogP contribution in [0.2, 0.25) is 0 Å². The molecule has 0 amide bonds. The van der Waals surface area contributed by atoms with Crippen LogP contribution in [0.25, 0.3) is 0 Å². The van der Waals surface area contributed by atoms with E-state index < -0.39 is 0 Å². The third-order valence-electron chi connectivity index (χ3n) is 3.36. The lowest BCUT2D eigenvalue weighted by Gasteiger charge is -2.10. The summed E-state index contributed by atoms with van der Waals surface area (Å²) in [6.07, 6.45) is 0.680. The van der Waals surface area contributed by atoms with Crippen molar-refractivity contribution in [3.8, 4) is 5.75 Å². The number of aliphatic hydroxyl groups is 1. The van der Waals surface area contributed by atoms with Crippen LogP contribution in [0.4, 0.5) is 0 Å². The minimum atomic E-state index is 0.174. The van der Waals surface area contributed by atoms with Crippen LogP contribution in [0.3, 0.4) is 0 Å². The molecule has 106 valence electrons. The zero-order chi connectivity index (χ0) is 14.4. The predicted molar refractivity (Wildman–Crippen MR) is 80.6 cm³/mol. The average molecular weight is 271 g/mol. The van der Waals surface area contributed by atoms with Crippen LogP contribution in [-0.2, 0) is 19.6 Å². The van der Waals surface area contributed by atoms with Gasteiger partial charge in [-0.1, -0.05) is 30.3 Å². The average Bonchev–Trinajstić information content (AvgIpc) is 2.48. The van der Waals surface area contributed by atoms with Crippen LogP contribution in [0, 0.1) is 6.92 Å². The van der Waals surface area contributed by atoms with Crippen molar-refractivity contribution in [2.75, 3.05) is 6.61 Å². The lowest BCUT2D eigenvalue weighted by atomic mass is 10.1. The number of hydrogen-bond acceptors (Lipinski definition) is 3. The Balaban J connectivity index is 1.97. The zero-order valence-corrected chi connectivity index (χ0v) is 11.8. The molecule has 0 aromatic heterocycles. The molecule has 2 aromatic carbocycles. The van der Waals surface area contributed by atoms with E-state index in [2.05, 4.69) is 19.1 Å². The maximum Gasteiger partial charge on any atom is 0.119 e. The van der Waals surface area contributed by atoms with Gasteiger partial charge in [-0.25, -0.2) is 0 Å². The molecule has 2 rings (SSSR count). The van der Waals surface area contributed by atoms with Gasteiger partial charge in [0.25, 0.3) is 0 Å². The van der Waals surface area contributed by atoms with E-state index in [1.54, 1.807) is 0 Å². The van der Waals surface area contributed by atoms with Crippen LogP contribution in [0.1, 0.15) is 22.3 Å². The normalized spacial score (nSPS) is 10.6. The molecule has 0 aliphatic carbocycles. The van der Waals surface area contributed by atoms with Crippen molar-refractivity contribution in [2.24, 2.45) is 5.73 Å². The second-order valence-corrected chi connectivity index (χ2v) is 4.87. The molecular formula is C17H21NO2. The summed E-state index contributed by atoms with van der Waals surface area (Å²) in [5.41, 5.74) is 10.2. The highest BCUT2D eigenvalue weighted by atomic mass is 16.5. The molecule has 0 aliphatic rings. The molecule has 20 heavy (non-hydrogen) atoms. The Hall–Kier alpha value is -1.84. The van der Waals surface area contributed by atoms with Gasteiger partial charge in [0.2, 0.25) is 0 Å². The van der Waals surface area contributed by atoms with Crippen LogP contribution >= 0.6 is 0 Å². The molecule has 0 radical (unpaired) electrons. The molecule has 0 spiro atoms. The number of aliphatic hydroxyl groups excluding tert-OH is 1.